The van der Waals surface area contributed by atoms with Crippen LogP contribution in [0.4, 0.5) is 11.6 Å². The molecule has 17 heavy (non-hydrogen) atoms. The Morgan fingerprint density at radius 2 is 2.12 bits per heavy atom. The average molecular weight is 238 g/mol. The molecule has 96 valence electrons. The zero-order valence-electron chi connectivity index (χ0n) is 11.1. The fourth-order valence-corrected chi connectivity index (χ4v) is 1.44. The number of nitrogens with two attached hydrogens (primary N) is 1. The van der Waals surface area contributed by atoms with E-state index in [2.05, 4.69) is 22.2 Å². The lowest BCUT2D eigenvalue weighted by molar-refractivity contribution is 0.0343. The molecular weight excluding hydrogens is 216 g/mol. The van der Waals surface area contributed by atoms with Gasteiger partial charge in [-0.3, -0.25) is 0 Å². The maximum atomic E-state index is 5.86. The largest absolute Gasteiger partial charge is 0.383 e. The minimum absolute atomic E-state index is 0.233. The predicted molar refractivity (Wildman–Crippen MR) is 70.0 cm³/mol. The molecule has 1 aromatic rings. The molecule has 0 aromatic carbocycles. The van der Waals surface area contributed by atoms with Gasteiger partial charge in [-0.15, -0.1) is 0 Å². The highest BCUT2D eigenvalue weighted by Gasteiger charge is 2.17. The molecule has 0 unspecified atom stereocenters. The van der Waals surface area contributed by atoms with Crippen LogP contribution in [-0.4, -0.2) is 29.2 Å². The van der Waals surface area contributed by atoms with Gasteiger partial charge in [0.15, 0.2) is 0 Å². The first-order valence-corrected chi connectivity index (χ1v) is 5.88. The van der Waals surface area contributed by atoms with Crippen molar-refractivity contribution in [3.63, 3.8) is 0 Å². The lowest BCUT2D eigenvalue weighted by Crippen LogP contribution is -2.32. The summed E-state index contributed by atoms with van der Waals surface area (Å²) < 4.78 is 5.35. The molecule has 0 saturated carbocycles. The van der Waals surface area contributed by atoms with E-state index >= 15 is 0 Å². The summed E-state index contributed by atoms with van der Waals surface area (Å²) in [5.41, 5.74) is 6.61. The lowest BCUT2D eigenvalue weighted by Gasteiger charge is -2.24. The summed E-state index contributed by atoms with van der Waals surface area (Å²) in [6.07, 6.45) is 3.37. The Labute approximate surface area is 103 Å². The van der Waals surface area contributed by atoms with Crippen LogP contribution in [0.3, 0.4) is 0 Å². The third kappa shape index (κ3) is 3.85. The molecule has 5 heteroatoms. The maximum absolute atomic E-state index is 5.86. The van der Waals surface area contributed by atoms with E-state index in [-0.39, 0.29) is 5.60 Å². The number of hydrogen-bond acceptors (Lipinski definition) is 5. The van der Waals surface area contributed by atoms with Gasteiger partial charge in [-0.1, -0.05) is 13.3 Å². The first-order chi connectivity index (χ1) is 8.00. The summed E-state index contributed by atoms with van der Waals surface area (Å²) >= 11 is 0. The zero-order valence-corrected chi connectivity index (χ0v) is 11.1. The summed E-state index contributed by atoms with van der Waals surface area (Å²) in [6.45, 7) is 6.82. The molecule has 1 heterocycles. The van der Waals surface area contributed by atoms with Crippen molar-refractivity contribution >= 4 is 11.6 Å². The van der Waals surface area contributed by atoms with Gasteiger partial charge in [0.05, 0.1) is 5.60 Å². The third-order valence-corrected chi connectivity index (χ3v) is 2.71. The Morgan fingerprint density at radius 1 is 1.41 bits per heavy atom. The molecule has 0 amide bonds. The number of methoxy groups -OCH3 is 1. The average Bonchev–Trinajstić information content (AvgIpc) is 2.30. The quantitative estimate of drug-likeness (QED) is 0.791. The van der Waals surface area contributed by atoms with Crippen LogP contribution in [0.1, 0.15) is 32.8 Å². The fourth-order valence-electron chi connectivity index (χ4n) is 1.44. The van der Waals surface area contributed by atoms with Crippen LogP contribution < -0.4 is 11.1 Å². The Bertz CT molecular complexity index is 366. The second-order valence-corrected chi connectivity index (χ2v) is 4.65. The number of ether oxygens (including phenoxy) is 1. The van der Waals surface area contributed by atoms with Gasteiger partial charge < -0.3 is 15.8 Å². The van der Waals surface area contributed by atoms with Crippen LogP contribution in [0.15, 0.2) is 6.33 Å². The number of aromatic nitrogens is 2. The third-order valence-electron chi connectivity index (χ3n) is 2.71. The SMILES string of the molecule is CCCc1c(N)ncnc1NCC(C)(C)OC. The minimum atomic E-state index is -0.233. The Morgan fingerprint density at radius 3 is 2.71 bits per heavy atom. The molecule has 0 aliphatic carbocycles. The van der Waals surface area contributed by atoms with Crippen molar-refractivity contribution in [2.75, 3.05) is 24.7 Å². The van der Waals surface area contributed by atoms with E-state index in [1.807, 2.05) is 13.8 Å². The second kappa shape index (κ2) is 5.82. The van der Waals surface area contributed by atoms with Gasteiger partial charge in [0, 0.05) is 19.2 Å². The molecular formula is C12H22N4O. The van der Waals surface area contributed by atoms with Crippen molar-refractivity contribution in [1.29, 1.82) is 0 Å². The van der Waals surface area contributed by atoms with E-state index < -0.39 is 0 Å². The molecule has 0 aliphatic heterocycles. The van der Waals surface area contributed by atoms with Gasteiger partial charge >= 0.3 is 0 Å². The van der Waals surface area contributed by atoms with Crippen molar-refractivity contribution in [1.82, 2.24) is 9.97 Å². The molecule has 0 radical (unpaired) electrons. The van der Waals surface area contributed by atoms with E-state index in [1.54, 1.807) is 7.11 Å². The van der Waals surface area contributed by atoms with Gasteiger partial charge in [-0.25, -0.2) is 9.97 Å². The van der Waals surface area contributed by atoms with Gasteiger partial charge in [0.2, 0.25) is 0 Å². The van der Waals surface area contributed by atoms with Crippen molar-refractivity contribution in [2.45, 2.75) is 39.2 Å². The predicted octanol–water partition coefficient (Wildman–Crippen LogP) is 1.85. The summed E-state index contributed by atoms with van der Waals surface area (Å²) in [7, 11) is 1.70. The normalized spacial score (nSPS) is 11.5. The summed E-state index contributed by atoms with van der Waals surface area (Å²) in [4.78, 5) is 8.26. The molecule has 0 spiro atoms. The number of anilines is 2. The van der Waals surface area contributed by atoms with E-state index in [9.17, 15) is 0 Å². The molecule has 1 rings (SSSR count). The number of hydrogen-bond donors (Lipinski definition) is 2. The number of nitrogen functional groups attached to an aromatic ring is 1. The molecule has 0 aliphatic rings. The van der Waals surface area contributed by atoms with Crippen molar-refractivity contribution < 1.29 is 4.74 Å². The first-order valence-electron chi connectivity index (χ1n) is 5.88. The molecule has 0 saturated heterocycles. The standard InChI is InChI=1S/C12H22N4O/c1-5-6-9-10(13)15-8-16-11(9)14-7-12(2,3)17-4/h8H,5-7H2,1-4H3,(H3,13,14,15,16). The molecule has 3 N–H and O–H groups in total. The van der Waals surface area contributed by atoms with Crippen LogP contribution in [0, 0.1) is 0 Å². The highest BCUT2D eigenvalue weighted by Crippen LogP contribution is 2.20. The van der Waals surface area contributed by atoms with Gasteiger partial charge in [0.25, 0.3) is 0 Å². The Kier molecular flexibility index (Phi) is 4.69. The molecule has 0 fully saturated rings. The second-order valence-electron chi connectivity index (χ2n) is 4.65. The van der Waals surface area contributed by atoms with E-state index in [0.29, 0.717) is 12.4 Å². The van der Waals surface area contributed by atoms with E-state index in [0.717, 1.165) is 24.2 Å². The van der Waals surface area contributed by atoms with Crippen LogP contribution in [0.5, 0.6) is 0 Å². The summed E-state index contributed by atoms with van der Waals surface area (Å²) in [5, 5.41) is 3.27. The van der Waals surface area contributed by atoms with Crippen LogP contribution in [-0.2, 0) is 11.2 Å². The lowest BCUT2D eigenvalue weighted by atomic mass is 10.1. The Balaban J connectivity index is 2.80. The van der Waals surface area contributed by atoms with Gasteiger partial charge in [0.1, 0.15) is 18.0 Å². The first kappa shape index (κ1) is 13.7. The fraction of sp³-hybridized carbons (Fsp3) is 0.667. The number of nitrogens with zero attached hydrogens (tertiary/aromatic N) is 2. The summed E-state index contributed by atoms with van der Waals surface area (Å²) in [5.74, 6) is 1.36. The van der Waals surface area contributed by atoms with Crippen LogP contribution >= 0.6 is 0 Å². The topological polar surface area (TPSA) is 73.1 Å². The Hall–Kier alpha value is -1.36. The van der Waals surface area contributed by atoms with Crippen LogP contribution in [0.25, 0.3) is 0 Å². The molecule has 1 aromatic heterocycles. The highest BCUT2D eigenvalue weighted by atomic mass is 16.5. The van der Waals surface area contributed by atoms with Gasteiger partial charge in [-0.05, 0) is 20.3 Å². The highest BCUT2D eigenvalue weighted by molar-refractivity contribution is 5.55. The number of nitrogens with one attached hydrogen (secondary N) is 1. The number of rotatable bonds is 6. The van der Waals surface area contributed by atoms with Crippen molar-refractivity contribution in [2.24, 2.45) is 0 Å². The monoisotopic (exact) mass is 238 g/mol. The maximum Gasteiger partial charge on any atom is 0.134 e. The molecule has 0 atom stereocenters. The molecule has 0 bridgehead atoms. The van der Waals surface area contributed by atoms with E-state index in [1.165, 1.54) is 6.33 Å². The van der Waals surface area contributed by atoms with Crippen LogP contribution in [0.2, 0.25) is 0 Å². The smallest absolute Gasteiger partial charge is 0.134 e. The van der Waals surface area contributed by atoms with Crippen molar-refractivity contribution in [3.8, 4) is 0 Å². The minimum Gasteiger partial charge on any atom is -0.383 e. The van der Waals surface area contributed by atoms with Gasteiger partial charge in [-0.2, -0.15) is 0 Å². The zero-order chi connectivity index (χ0) is 12.9. The summed E-state index contributed by atoms with van der Waals surface area (Å²) in [6, 6.07) is 0. The van der Waals surface area contributed by atoms with Crippen molar-refractivity contribution in [3.05, 3.63) is 11.9 Å². The van der Waals surface area contributed by atoms with E-state index in [4.69, 9.17) is 10.5 Å². The molecule has 5 nitrogen and oxygen atoms in total.